The van der Waals surface area contributed by atoms with Crippen molar-refractivity contribution in [3.8, 4) is 0 Å². The number of hydrogen-bond acceptors (Lipinski definition) is 3. The predicted molar refractivity (Wildman–Crippen MR) is 107 cm³/mol. The van der Waals surface area contributed by atoms with Gasteiger partial charge in [-0.2, -0.15) is 0 Å². The minimum Gasteiger partial charge on any atom is -0.464 e. The normalized spacial score (nSPS) is 13.3. The summed E-state index contributed by atoms with van der Waals surface area (Å²) in [7, 11) is 0. The Labute approximate surface area is 169 Å². The highest BCUT2D eigenvalue weighted by molar-refractivity contribution is 6.36. The molecule has 1 aromatic carbocycles. The average Bonchev–Trinajstić information content (AvgIpc) is 3.00. The van der Waals surface area contributed by atoms with Gasteiger partial charge in [0.15, 0.2) is 0 Å². The highest BCUT2D eigenvalue weighted by Crippen LogP contribution is 2.21. The van der Waals surface area contributed by atoms with Crippen molar-refractivity contribution in [2.75, 3.05) is 0 Å². The molecule has 0 saturated carbocycles. The topological polar surface area (TPSA) is 71.3 Å². The molecule has 7 heteroatoms. The van der Waals surface area contributed by atoms with Crippen molar-refractivity contribution >= 4 is 35.0 Å². The smallest absolute Gasteiger partial charge is 0.253 e. The second kappa shape index (κ2) is 9.29. The Bertz CT molecular complexity index is 817. The van der Waals surface area contributed by atoms with Gasteiger partial charge in [-0.3, -0.25) is 9.59 Å². The first-order chi connectivity index (χ1) is 12.7. The summed E-state index contributed by atoms with van der Waals surface area (Å²) < 4.78 is 5.55. The lowest BCUT2D eigenvalue weighted by molar-refractivity contribution is -0.124. The van der Waals surface area contributed by atoms with Crippen LogP contribution in [0.5, 0.6) is 0 Å². The SMILES string of the molecule is Cc1ccc(C(C)NC(=O)C(CC(C)C)NC(=O)c2ccc(Cl)cc2Cl)o1. The lowest BCUT2D eigenvalue weighted by Crippen LogP contribution is -2.48. The molecule has 1 heterocycles. The van der Waals surface area contributed by atoms with E-state index in [1.807, 2.05) is 39.8 Å². The first-order valence-electron chi connectivity index (χ1n) is 8.80. The van der Waals surface area contributed by atoms with Crippen molar-refractivity contribution in [1.29, 1.82) is 0 Å². The molecule has 5 nitrogen and oxygen atoms in total. The quantitative estimate of drug-likeness (QED) is 0.680. The molecule has 0 aliphatic rings. The second-order valence-electron chi connectivity index (χ2n) is 6.96. The van der Waals surface area contributed by atoms with Gasteiger partial charge in [0.05, 0.1) is 16.6 Å². The maximum absolute atomic E-state index is 12.8. The molecule has 2 unspecified atom stereocenters. The number of nitrogens with one attached hydrogen (secondary N) is 2. The number of halogens is 2. The third-order valence-electron chi connectivity index (χ3n) is 4.05. The fourth-order valence-electron chi connectivity index (χ4n) is 2.68. The van der Waals surface area contributed by atoms with E-state index in [2.05, 4.69) is 10.6 Å². The van der Waals surface area contributed by atoms with Crippen LogP contribution in [0.25, 0.3) is 0 Å². The highest BCUT2D eigenvalue weighted by Gasteiger charge is 2.25. The number of furan rings is 1. The Morgan fingerprint density at radius 2 is 1.78 bits per heavy atom. The van der Waals surface area contributed by atoms with E-state index in [9.17, 15) is 9.59 Å². The summed E-state index contributed by atoms with van der Waals surface area (Å²) in [5.41, 5.74) is 0.275. The highest BCUT2D eigenvalue weighted by atomic mass is 35.5. The van der Waals surface area contributed by atoms with E-state index in [-0.39, 0.29) is 28.5 Å². The van der Waals surface area contributed by atoms with Crippen molar-refractivity contribution < 1.29 is 14.0 Å². The van der Waals surface area contributed by atoms with Gasteiger partial charge in [-0.1, -0.05) is 37.0 Å². The van der Waals surface area contributed by atoms with Crippen LogP contribution in [0.4, 0.5) is 0 Å². The number of hydrogen-bond donors (Lipinski definition) is 2. The van der Waals surface area contributed by atoms with Crippen molar-refractivity contribution in [2.24, 2.45) is 5.92 Å². The maximum atomic E-state index is 12.8. The zero-order valence-corrected chi connectivity index (χ0v) is 17.3. The van der Waals surface area contributed by atoms with Gasteiger partial charge >= 0.3 is 0 Å². The fourth-order valence-corrected chi connectivity index (χ4v) is 3.18. The third kappa shape index (κ3) is 6.01. The molecule has 0 aliphatic carbocycles. The molecule has 146 valence electrons. The van der Waals surface area contributed by atoms with Crippen LogP contribution in [0.2, 0.25) is 10.0 Å². The molecule has 0 radical (unpaired) electrons. The Kier molecular flexibility index (Phi) is 7.33. The molecule has 2 N–H and O–H groups in total. The monoisotopic (exact) mass is 410 g/mol. The van der Waals surface area contributed by atoms with Gasteiger partial charge in [0.1, 0.15) is 17.6 Å². The number of carbonyl (C=O) groups excluding carboxylic acids is 2. The second-order valence-corrected chi connectivity index (χ2v) is 7.80. The van der Waals surface area contributed by atoms with E-state index >= 15 is 0 Å². The molecule has 0 spiro atoms. The van der Waals surface area contributed by atoms with Crippen LogP contribution in [-0.2, 0) is 4.79 Å². The van der Waals surface area contributed by atoms with Gasteiger partial charge < -0.3 is 15.1 Å². The van der Waals surface area contributed by atoms with E-state index in [0.29, 0.717) is 17.2 Å². The fraction of sp³-hybridized carbons (Fsp3) is 0.400. The maximum Gasteiger partial charge on any atom is 0.253 e. The molecular weight excluding hydrogens is 387 g/mol. The summed E-state index contributed by atoms with van der Waals surface area (Å²) >= 11 is 12.0. The van der Waals surface area contributed by atoms with Crippen LogP contribution in [0.15, 0.2) is 34.7 Å². The van der Waals surface area contributed by atoms with Crippen molar-refractivity contribution in [1.82, 2.24) is 10.6 Å². The van der Waals surface area contributed by atoms with Crippen molar-refractivity contribution in [2.45, 2.75) is 46.2 Å². The molecule has 2 amide bonds. The van der Waals surface area contributed by atoms with E-state index in [0.717, 1.165) is 5.76 Å². The lowest BCUT2D eigenvalue weighted by atomic mass is 10.0. The minimum absolute atomic E-state index is 0.211. The van der Waals surface area contributed by atoms with Crippen molar-refractivity contribution in [3.63, 3.8) is 0 Å². The average molecular weight is 411 g/mol. The van der Waals surface area contributed by atoms with Gasteiger partial charge in [-0.15, -0.1) is 0 Å². The zero-order valence-electron chi connectivity index (χ0n) is 15.8. The zero-order chi connectivity index (χ0) is 20.1. The van der Waals surface area contributed by atoms with E-state index in [1.54, 1.807) is 12.1 Å². The van der Waals surface area contributed by atoms with Crippen LogP contribution in [0.1, 0.15) is 55.1 Å². The number of benzene rings is 1. The largest absolute Gasteiger partial charge is 0.464 e. The van der Waals surface area contributed by atoms with Gasteiger partial charge in [0.2, 0.25) is 5.91 Å². The van der Waals surface area contributed by atoms with E-state index in [4.69, 9.17) is 27.6 Å². The van der Waals surface area contributed by atoms with E-state index in [1.165, 1.54) is 6.07 Å². The molecule has 27 heavy (non-hydrogen) atoms. The van der Waals surface area contributed by atoms with Crippen LogP contribution < -0.4 is 10.6 Å². The predicted octanol–water partition coefficient (Wildman–Crippen LogP) is 4.92. The van der Waals surface area contributed by atoms with Gasteiger partial charge in [-0.05, 0) is 56.5 Å². The molecule has 2 aromatic rings. The third-order valence-corrected chi connectivity index (χ3v) is 4.60. The van der Waals surface area contributed by atoms with E-state index < -0.39 is 11.9 Å². The first kappa shape index (κ1) is 21.3. The van der Waals surface area contributed by atoms with Crippen LogP contribution in [0, 0.1) is 12.8 Å². The number of carbonyl (C=O) groups is 2. The molecule has 2 rings (SSSR count). The summed E-state index contributed by atoms with van der Waals surface area (Å²) in [6, 6.07) is 7.29. The summed E-state index contributed by atoms with van der Waals surface area (Å²) in [6.45, 7) is 7.65. The minimum atomic E-state index is -0.692. The summed E-state index contributed by atoms with van der Waals surface area (Å²) in [6.07, 6.45) is 0.493. The number of aryl methyl sites for hydroxylation is 1. The summed E-state index contributed by atoms with van der Waals surface area (Å²) in [5.74, 6) is 0.956. The lowest BCUT2D eigenvalue weighted by Gasteiger charge is -2.22. The molecule has 0 bridgehead atoms. The Hall–Kier alpha value is -1.98. The molecule has 0 saturated heterocycles. The van der Waals surface area contributed by atoms with Crippen LogP contribution in [-0.4, -0.2) is 17.9 Å². The van der Waals surface area contributed by atoms with Gasteiger partial charge in [-0.25, -0.2) is 0 Å². The standard InChI is InChI=1S/C20H24Cl2N2O3/c1-11(2)9-17(20(26)23-13(4)18-8-5-12(3)27-18)24-19(25)15-7-6-14(21)10-16(15)22/h5-8,10-11,13,17H,9H2,1-4H3,(H,23,26)(H,24,25). The molecular formula is C20H24Cl2N2O3. The Balaban J connectivity index is 2.11. The molecule has 2 atom stereocenters. The summed E-state index contributed by atoms with van der Waals surface area (Å²) in [4.78, 5) is 25.3. The molecule has 0 aliphatic heterocycles. The molecule has 1 aromatic heterocycles. The molecule has 0 fully saturated rings. The van der Waals surface area contributed by atoms with Gasteiger partial charge in [0, 0.05) is 5.02 Å². The Morgan fingerprint density at radius 3 is 2.33 bits per heavy atom. The summed E-state index contributed by atoms with van der Waals surface area (Å²) in [5, 5.41) is 6.35. The Morgan fingerprint density at radius 1 is 1.07 bits per heavy atom. The number of amides is 2. The van der Waals surface area contributed by atoms with Crippen molar-refractivity contribution in [3.05, 3.63) is 57.5 Å². The van der Waals surface area contributed by atoms with Gasteiger partial charge in [0.25, 0.3) is 5.91 Å². The first-order valence-corrected chi connectivity index (χ1v) is 9.55. The number of rotatable bonds is 7. The van der Waals surface area contributed by atoms with Crippen LogP contribution in [0.3, 0.4) is 0 Å². The van der Waals surface area contributed by atoms with Crippen LogP contribution >= 0.6 is 23.2 Å².